The van der Waals surface area contributed by atoms with Crippen molar-refractivity contribution >= 4 is 17.5 Å². The molecule has 1 aliphatic heterocycles. The lowest BCUT2D eigenvalue weighted by Gasteiger charge is -2.41. The number of hydrogen-bond donors (Lipinski definition) is 1. The highest BCUT2D eigenvalue weighted by molar-refractivity contribution is 5.97. The molecule has 3 aromatic rings. The third-order valence-electron chi connectivity index (χ3n) is 6.18. The van der Waals surface area contributed by atoms with Crippen molar-refractivity contribution in [3.05, 3.63) is 83.8 Å². The van der Waals surface area contributed by atoms with Crippen LogP contribution in [-0.4, -0.2) is 25.0 Å². The molecular formula is C27H30N2O4. The summed E-state index contributed by atoms with van der Waals surface area (Å²) in [6.45, 7) is 3.97. The van der Waals surface area contributed by atoms with Crippen molar-refractivity contribution < 1.29 is 18.7 Å². The van der Waals surface area contributed by atoms with E-state index in [4.69, 9.17) is 9.15 Å². The number of benzene rings is 2. The van der Waals surface area contributed by atoms with E-state index in [2.05, 4.69) is 5.32 Å². The lowest BCUT2D eigenvalue weighted by Crippen LogP contribution is -2.50. The number of carbonyl (C=O) groups excluding carboxylic acids is 2. The van der Waals surface area contributed by atoms with Gasteiger partial charge in [-0.15, -0.1) is 0 Å². The summed E-state index contributed by atoms with van der Waals surface area (Å²) in [5.74, 6) is 0.997. The SMILES string of the molecule is COc1ccccc1C1C(C(=O)NC(C)Cc2ccco2)CCC(=O)N1c1ccc(C)cc1. The molecule has 0 bridgehead atoms. The second-order valence-corrected chi connectivity index (χ2v) is 8.62. The minimum absolute atomic E-state index is 0.00226. The van der Waals surface area contributed by atoms with E-state index in [0.29, 0.717) is 25.0 Å². The zero-order chi connectivity index (χ0) is 23.4. The van der Waals surface area contributed by atoms with Crippen molar-refractivity contribution in [2.24, 2.45) is 5.92 Å². The van der Waals surface area contributed by atoms with Crippen LogP contribution in [0.2, 0.25) is 0 Å². The summed E-state index contributed by atoms with van der Waals surface area (Å²) in [6, 6.07) is 18.6. The molecule has 3 atom stereocenters. The summed E-state index contributed by atoms with van der Waals surface area (Å²) in [7, 11) is 1.61. The van der Waals surface area contributed by atoms with Crippen molar-refractivity contribution in [2.45, 2.75) is 45.2 Å². The monoisotopic (exact) mass is 446 g/mol. The number of amides is 2. The predicted octanol–water partition coefficient (Wildman–Crippen LogP) is 4.83. The fourth-order valence-electron chi connectivity index (χ4n) is 4.57. The van der Waals surface area contributed by atoms with Crippen molar-refractivity contribution in [3.8, 4) is 5.75 Å². The van der Waals surface area contributed by atoms with Crippen LogP contribution in [0.3, 0.4) is 0 Å². The van der Waals surface area contributed by atoms with Crippen LogP contribution in [0, 0.1) is 12.8 Å². The summed E-state index contributed by atoms with van der Waals surface area (Å²) in [5, 5.41) is 3.14. The van der Waals surface area contributed by atoms with Crippen LogP contribution in [0.5, 0.6) is 5.75 Å². The first-order valence-electron chi connectivity index (χ1n) is 11.3. The number of rotatable bonds is 7. The number of nitrogens with zero attached hydrogens (tertiary/aromatic N) is 1. The normalized spacial score (nSPS) is 19.2. The van der Waals surface area contributed by atoms with Crippen LogP contribution in [-0.2, 0) is 16.0 Å². The molecule has 1 fully saturated rings. The van der Waals surface area contributed by atoms with Crippen LogP contribution in [0.1, 0.15) is 42.7 Å². The highest BCUT2D eigenvalue weighted by Crippen LogP contribution is 2.43. The van der Waals surface area contributed by atoms with Crippen LogP contribution in [0.15, 0.2) is 71.3 Å². The molecule has 0 saturated carbocycles. The molecule has 1 aromatic heterocycles. The number of carbonyl (C=O) groups is 2. The van der Waals surface area contributed by atoms with Gasteiger partial charge in [0.05, 0.1) is 25.3 Å². The number of hydrogen-bond acceptors (Lipinski definition) is 4. The van der Waals surface area contributed by atoms with Gasteiger partial charge < -0.3 is 19.4 Å². The zero-order valence-corrected chi connectivity index (χ0v) is 19.3. The first kappa shape index (κ1) is 22.6. The number of para-hydroxylation sites is 1. The molecule has 0 aliphatic carbocycles. The Balaban J connectivity index is 1.69. The maximum Gasteiger partial charge on any atom is 0.227 e. The molecule has 6 heteroatoms. The molecule has 1 aliphatic rings. The fraction of sp³-hybridized carbons (Fsp3) is 0.333. The molecule has 2 aromatic carbocycles. The second-order valence-electron chi connectivity index (χ2n) is 8.62. The Morgan fingerprint density at radius 2 is 1.91 bits per heavy atom. The van der Waals surface area contributed by atoms with E-state index >= 15 is 0 Å². The van der Waals surface area contributed by atoms with Gasteiger partial charge in [0, 0.05) is 30.1 Å². The van der Waals surface area contributed by atoms with Crippen molar-refractivity contribution in [3.63, 3.8) is 0 Å². The predicted molar refractivity (Wildman–Crippen MR) is 127 cm³/mol. The van der Waals surface area contributed by atoms with Gasteiger partial charge in [-0.3, -0.25) is 9.59 Å². The van der Waals surface area contributed by atoms with Crippen molar-refractivity contribution in [2.75, 3.05) is 12.0 Å². The highest BCUT2D eigenvalue weighted by Gasteiger charge is 2.42. The average Bonchev–Trinajstić information content (AvgIpc) is 3.32. The molecular weight excluding hydrogens is 416 g/mol. The van der Waals surface area contributed by atoms with Crippen molar-refractivity contribution in [1.82, 2.24) is 5.32 Å². The fourth-order valence-corrected chi connectivity index (χ4v) is 4.57. The quantitative estimate of drug-likeness (QED) is 0.564. The maximum absolute atomic E-state index is 13.5. The van der Waals surface area contributed by atoms with Gasteiger partial charge in [0.25, 0.3) is 0 Å². The molecule has 2 amide bonds. The Morgan fingerprint density at radius 1 is 1.15 bits per heavy atom. The highest BCUT2D eigenvalue weighted by atomic mass is 16.5. The number of nitrogens with one attached hydrogen (secondary N) is 1. The van der Waals surface area contributed by atoms with Gasteiger partial charge in [-0.05, 0) is 50.6 Å². The van der Waals surface area contributed by atoms with E-state index < -0.39 is 12.0 Å². The lowest BCUT2D eigenvalue weighted by molar-refractivity contribution is -0.129. The lowest BCUT2D eigenvalue weighted by atomic mass is 9.82. The van der Waals surface area contributed by atoms with E-state index in [1.165, 1.54) is 0 Å². The molecule has 3 unspecified atom stereocenters. The smallest absolute Gasteiger partial charge is 0.227 e. The third-order valence-corrected chi connectivity index (χ3v) is 6.18. The van der Waals surface area contributed by atoms with Gasteiger partial charge in [0.15, 0.2) is 0 Å². The molecule has 33 heavy (non-hydrogen) atoms. The number of anilines is 1. The van der Waals surface area contributed by atoms with E-state index in [9.17, 15) is 9.59 Å². The summed E-state index contributed by atoms with van der Waals surface area (Å²) in [5.41, 5.74) is 2.72. The Bertz CT molecular complexity index is 1090. The third kappa shape index (κ3) is 4.95. The minimum atomic E-state index is -0.471. The Morgan fingerprint density at radius 3 is 2.61 bits per heavy atom. The van der Waals surface area contributed by atoms with Gasteiger partial charge in [-0.2, -0.15) is 0 Å². The van der Waals surface area contributed by atoms with E-state index in [1.807, 2.05) is 74.5 Å². The number of ether oxygens (including phenoxy) is 1. The second kappa shape index (κ2) is 9.94. The van der Waals surface area contributed by atoms with E-state index in [0.717, 1.165) is 22.6 Å². The first-order valence-corrected chi connectivity index (χ1v) is 11.3. The number of furan rings is 1. The Hall–Kier alpha value is -3.54. The Kier molecular flexibility index (Phi) is 6.82. The van der Waals surface area contributed by atoms with Crippen LogP contribution in [0.4, 0.5) is 5.69 Å². The molecule has 6 nitrogen and oxygen atoms in total. The molecule has 1 N–H and O–H groups in total. The van der Waals surface area contributed by atoms with E-state index in [-0.39, 0.29) is 17.9 Å². The van der Waals surface area contributed by atoms with Gasteiger partial charge >= 0.3 is 0 Å². The summed E-state index contributed by atoms with van der Waals surface area (Å²) >= 11 is 0. The maximum atomic E-state index is 13.5. The van der Waals surface area contributed by atoms with Gasteiger partial charge in [0.1, 0.15) is 11.5 Å². The number of methoxy groups -OCH3 is 1. The Labute approximate surface area is 194 Å². The first-order chi connectivity index (χ1) is 16.0. The van der Waals surface area contributed by atoms with Crippen LogP contribution < -0.4 is 15.0 Å². The van der Waals surface area contributed by atoms with Crippen molar-refractivity contribution in [1.29, 1.82) is 0 Å². The topological polar surface area (TPSA) is 71.8 Å². The van der Waals surface area contributed by atoms with Gasteiger partial charge in [-0.25, -0.2) is 0 Å². The van der Waals surface area contributed by atoms with Crippen LogP contribution >= 0.6 is 0 Å². The summed E-state index contributed by atoms with van der Waals surface area (Å²) in [4.78, 5) is 28.5. The summed E-state index contributed by atoms with van der Waals surface area (Å²) in [6.07, 6.45) is 3.02. The molecule has 2 heterocycles. The average molecular weight is 447 g/mol. The molecule has 0 radical (unpaired) electrons. The molecule has 1 saturated heterocycles. The zero-order valence-electron chi connectivity index (χ0n) is 19.3. The van der Waals surface area contributed by atoms with Gasteiger partial charge in [-0.1, -0.05) is 35.9 Å². The molecule has 0 spiro atoms. The number of piperidine rings is 1. The molecule has 172 valence electrons. The van der Waals surface area contributed by atoms with Crippen LogP contribution in [0.25, 0.3) is 0 Å². The summed E-state index contributed by atoms with van der Waals surface area (Å²) < 4.78 is 11.1. The molecule has 4 rings (SSSR count). The number of aryl methyl sites for hydroxylation is 1. The van der Waals surface area contributed by atoms with E-state index in [1.54, 1.807) is 18.3 Å². The van der Waals surface area contributed by atoms with Gasteiger partial charge in [0.2, 0.25) is 11.8 Å². The standard InChI is InChI=1S/C27H30N2O4/c1-18-10-12-20(13-11-18)29-25(30)15-14-23(26(29)22-8-4-5-9-24(22)32-3)27(31)28-19(2)17-21-7-6-16-33-21/h4-13,16,19,23,26H,14-15,17H2,1-3H3,(H,28,31). The minimum Gasteiger partial charge on any atom is -0.496 e. The largest absolute Gasteiger partial charge is 0.496 e.